The third-order valence-electron chi connectivity index (χ3n) is 2.86. The van der Waals surface area contributed by atoms with Crippen LogP contribution in [0.2, 0.25) is 0 Å². The van der Waals surface area contributed by atoms with E-state index in [9.17, 15) is 18.4 Å². The summed E-state index contributed by atoms with van der Waals surface area (Å²) in [6.07, 6.45) is 0. The number of rotatable bonds is 2. The molecule has 7 heteroatoms. The number of carboxylic acid groups (broad SMARTS) is 1. The fourth-order valence-corrected chi connectivity index (χ4v) is 1.88. The highest BCUT2D eigenvalue weighted by atomic mass is 19.2. The fraction of sp³-hybridized carbons (Fsp3) is 0.333. The van der Waals surface area contributed by atoms with Gasteiger partial charge in [-0.1, -0.05) is 6.07 Å². The van der Waals surface area contributed by atoms with Crippen molar-refractivity contribution >= 4 is 11.9 Å². The molecule has 1 fully saturated rings. The number of morpholine rings is 1. The van der Waals surface area contributed by atoms with E-state index in [0.717, 1.165) is 17.0 Å². The van der Waals surface area contributed by atoms with Crippen LogP contribution in [-0.2, 0) is 9.53 Å². The Bertz CT molecular complexity index is 520. The second kappa shape index (κ2) is 5.31. The average molecular weight is 271 g/mol. The lowest BCUT2D eigenvalue weighted by Gasteiger charge is -2.32. The first-order chi connectivity index (χ1) is 9.02. The van der Waals surface area contributed by atoms with Crippen molar-refractivity contribution in [3.05, 3.63) is 35.4 Å². The predicted molar refractivity (Wildman–Crippen MR) is 59.6 cm³/mol. The minimum absolute atomic E-state index is 0.0196. The molecule has 1 heterocycles. The topological polar surface area (TPSA) is 66.8 Å². The Morgan fingerprint density at radius 1 is 1.37 bits per heavy atom. The van der Waals surface area contributed by atoms with Gasteiger partial charge in [0.05, 0.1) is 18.8 Å². The van der Waals surface area contributed by atoms with Crippen LogP contribution in [0, 0.1) is 11.6 Å². The normalized spacial score (nSPS) is 19.3. The van der Waals surface area contributed by atoms with Crippen LogP contribution < -0.4 is 0 Å². The lowest BCUT2D eigenvalue weighted by Crippen LogP contribution is -2.52. The van der Waals surface area contributed by atoms with Crippen molar-refractivity contribution < 1.29 is 28.2 Å². The van der Waals surface area contributed by atoms with Crippen molar-refractivity contribution in [2.75, 3.05) is 19.8 Å². The van der Waals surface area contributed by atoms with E-state index in [1.807, 2.05) is 0 Å². The van der Waals surface area contributed by atoms with Crippen molar-refractivity contribution in [1.82, 2.24) is 4.90 Å². The monoisotopic (exact) mass is 271 g/mol. The van der Waals surface area contributed by atoms with Crippen LogP contribution in [0.25, 0.3) is 0 Å². The van der Waals surface area contributed by atoms with Gasteiger partial charge in [0.25, 0.3) is 5.91 Å². The summed E-state index contributed by atoms with van der Waals surface area (Å²) in [6, 6.07) is 2.01. The summed E-state index contributed by atoms with van der Waals surface area (Å²) in [5, 5.41) is 8.99. The van der Waals surface area contributed by atoms with Gasteiger partial charge in [-0.25, -0.2) is 13.6 Å². The number of amides is 1. The highest BCUT2D eigenvalue weighted by molar-refractivity contribution is 5.97. The molecule has 1 saturated heterocycles. The fourth-order valence-electron chi connectivity index (χ4n) is 1.88. The molecule has 0 bridgehead atoms. The number of benzene rings is 1. The van der Waals surface area contributed by atoms with Crippen LogP contribution in [0.15, 0.2) is 18.2 Å². The van der Waals surface area contributed by atoms with Crippen molar-refractivity contribution in [1.29, 1.82) is 0 Å². The minimum Gasteiger partial charge on any atom is -0.480 e. The molecule has 1 amide bonds. The Morgan fingerprint density at radius 3 is 2.79 bits per heavy atom. The third kappa shape index (κ3) is 2.55. The number of halogens is 2. The largest absolute Gasteiger partial charge is 0.480 e. The molecular formula is C12H11F2NO4. The number of carbonyl (C=O) groups excluding carboxylic acids is 1. The first-order valence-electron chi connectivity index (χ1n) is 5.58. The molecule has 1 aliphatic heterocycles. The molecule has 0 aromatic heterocycles. The lowest BCUT2D eigenvalue weighted by molar-refractivity contribution is -0.147. The SMILES string of the molecule is O=C(O)C1COCCN1C(=O)c1cccc(F)c1F. The van der Waals surface area contributed by atoms with Gasteiger partial charge in [0.2, 0.25) is 0 Å². The number of carbonyl (C=O) groups is 2. The maximum Gasteiger partial charge on any atom is 0.328 e. The molecule has 1 aliphatic rings. The van der Waals surface area contributed by atoms with Gasteiger partial charge in [-0.05, 0) is 12.1 Å². The Labute approximate surface area is 107 Å². The molecule has 1 atom stereocenters. The lowest BCUT2D eigenvalue weighted by atomic mass is 10.1. The Balaban J connectivity index is 2.31. The van der Waals surface area contributed by atoms with Gasteiger partial charge >= 0.3 is 5.97 Å². The van der Waals surface area contributed by atoms with Crippen molar-refractivity contribution in [3.8, 4) is 0 Å². The van der Waals surface area contributed by atoms with E-state index >= 15 is 0 Å². The van der Waals surface area contributed by atoms with E-state index in [2.05, 4.69) is 0 Å². The second-order valence-electron chi connectivity index (χ2n) is 4.03. The zero-order chi connectivity index (χ0) is 14.0. The van der Waals surface area contributed by atoms with Gasteiger partial charge in [-0.3, -0.25) is 4.79 Å². The van der Waals surface area contributed by atoms with Crippen LogP contribution >= 0.6 is 0 Å². The molecule has 0 saturated carbocycles. The van der Waals surface area contributed by atoms with Crippen molar-refractivity contribution in [3.63, 3.8) is 0 Å². The standard InChI is InChI=1S/C12H11F2NO4/c13-8-3-1-2-7(10(8)14)11(16)15-4-5-19-6-9(15)12(17)18/h1-3,9H,4-6H2,(H,17,18). The summed E-state index contributed by atoms with van der Waals surface area (Å²) in [5.74, 6) is -4.52. The van der Waals surface area contributed by atoms with E-state index in [1.165, 1.54) is 6.07 Å². The van der Waals surface area contributed by atoms with E-state index in [1.54, 1.807) is 0 Å². The number of aliphatic carboxylic acids is 1. The summed E-state index contributed by atoms with van der Waals surface area (Å²) in [7, 11) is 0. The van der Waals surface area contributed by atoms with Gasteiger partial charge in [0.1, 0.15) is 0 Å². The number of nitrogens with zero attached hydrogens (tertiary/aromatic N) is 1. The molecule has 0 spiro atoms. The summed E-state index contributed by atoms with van der Waals surface area (Å²) in [5.41, 5.74) is -0.479. The number of hydrogen-bond donors (Lipinski definition) is 1. The summed E-state index contributed by atoms with van der Waals surface area (Å²) in [4.78, 5) is 24.1. The van der Waals surface area contributed by atoms with Crippen molar-refractivity contribution in [2.45, 2.75) is 6.04 Å². The molecule has 1 aromatic carbocycles. The summed E-state index contributed by atoms with van der Waals surface area (Å²) >= 11 is 0. The van der Waals surface area contributed by atoms with Crippen LogP contribution in [0.5, 0.6) is 0 Å². The zero-order valence-corrected chi connectivity index (χ0v) is 9.81. The van der Waals surface area contributed by atoms with E-state index < -0.39 is 35.1 Å². The molecule has 2 rings (SSSR count). The first-order valence-corrected chi connectivity index (χ1v) is 5.58. The molecule has 19 heavy (non-hydrogen) atoms. The molecule has 102 valence electrons. The van der Waals surface area contributed by atoms with Gasteiger partial charge in [0, 0.05) is 6.54 Å². The van der Waals surface area contributed by atoms with Gasteiger partial charge in [-0.2, -0.15) is 0 Å². The average Bonchev–Trinajstić information content (AvgIpc) is 2.41. The molecule has 0 radical (unpaired) electrons. The van der Waals surface area contributed by atoms with Gasteiger partial charge in [0.15, 0.2) is 17.7 Å². The smallest absolute Gasteiger partial charge is 0.328 e. The second-order valence-corrected chi connectivity index (χ2v) is 4.03. The maximum atomic E-state index is 13.5. The van der Waals surface area contributed by atoms with Crippen LogP contribution in [0.4, 0.5) is 8.78 Å². The molecule has 1 unspecified atom stereocenters. The van der Waals surface area contributed by atoms with Crippen LogP contribution in [0.3, 0.4) is 0 Å². The Morgan fingerprint density at radius 2 is 2.11 bits per heavy atom. The molecule has 1 N–H and O–H groups in total. The number of hydrogen-bond acceptors (Lipinski definition) is 3. The van der Waals surface area contributed by atoms with Crippen molar-refractivity contribution in [2.24, 2.45) is 0 Å². The van der Waals surface area contributed by atoms with E-state index in [0.29, 0.717) is 0 Å². The predicted octanol–water partition coefficient (Wildman–Crippen LogP) is 0.890. The minimum atomic E-state index is -1.27. The zero-order valence-electron chi connectivity index (χ0n) is 9.81. The summed E-state index contributed by atoms with van der Waals surface area (Å²) in [6.45, 7) is 0.0101. The first kappa shape index (κ1) is 13.4. The molecule has 5 nitrogen and oxygen atoms in total. The summed E-state index contributed by atoms with van der Waals surface area (Å²) < 4.78 is 31.6. The Hall–Kier alpha value is -2.02. The van der Waals surface area contributed by atoms with Gasteiger partial charge < -0.3 is 14.7 Å². The van der Waals surface area contributed by atoms with Crippen LogP contribution in [0.1, 0.15) is 10.4 Å². The van der Waals surface area contributed by atoms with E-state index in [4.69, 9.17) is 9.84 Å². The third-order valence-corrected chi connectivity index (χ3v) is 2.86. The molecule has 1 aromatic rings. The number of carboxylic acids is 1. The highest BCUT2D eigenvalue weighted by Crippen LogP contribution is 2.17. The number of ether oxygens (including phenoxy) is 1. The van der Waals surface area contributed by atoms with Crippen LogP contribution in [-0.4, -0.2) is 47.7 Å². The van der Waals surface area contributed by atoms with E-state index in [-0.39, 0.29) is 19.8 Å². The quantitative estimate of drug-likeness (QED) is 0.867. The van der Waals surface area contributed by atoms with Gasteiger partial charge in [-0.15, -0.1) is 0 Å². The molecule has 0 aliphatic carbocycles. The Kier molecular flexibility index (Phi) is 3.75. The highest BCUT2D eigenvalue weighted by Gasteiger charge is 2.34. The maximum absolute atomic E-state index is 13.5. The molecular weight excluding hydrogens is 260 g/mol.